The zero-order valence-corrected chi connectivity index (χ0v) is 12.9. The second kappa shape index (κ2) is 6.24. The maximum Gasteiger partial charge on any atom is 0.371 e. The van der Waals surface area contributed by atoms with Gasteiger partial charge in [0.1, 0.15) is 5.76 Å². The zero-order chi connectivity index (χ0) is 14.7. The molecular formula is C15H16BrNO3. The van der Waals surface area contributed by atoms with Gasteiger partial charge in [-0.1, -0.05) is 28.1 Å². The maximum atomic E-state index is 10.8. The fraction of sp³-hybridized carbons (Fsp3) is 0.267. The fourth-order valence-corrected chi connectivity index (χ4v) is 2.37. The molecule has 0 unspecified atom stereocenters. The van der Waals surface area contributed by atoms with Crippen LogP contribution in [0.25, 0.3) is 0 Å². The minimum absolute atomic E-state index is 0.0191. The van der Waals surface area contributed by atoms with Gasteiger partial charge in [0.05, 0.1) is 0 Å². The quantitative estimate of drug-likeness (QED) is 0.868. The van der Waals surface area contributed by atoms with E-state index in [4.69, 9.17) is 9.52 Å². The molecule has 1 atom stereocenters. The van der Waals surface area contributed by atoms with Crippen LogP contribution in [0.15, 0.2) is 39.2 Å². The molecule has 4 nitrogen and oxygen atoms in total. The van der Waals surface area contributed by atoms with Gasteiger partial charge in [-0.2, -0.15) is 0 Å². The van der Waals surface area contributed by atoms with Gasteiger partial charge in [-0.3, -0.25) is 0 Å². The Morgan fingerprint density at radius 2 is 2.20 bits per heavy atom. The van der Waals surface area contributed by atoms with Crippen molar-refractivity contribution in [3.63, 3.8) is 0 Å². The van der Waals surface area contributed by atoms with Crippen LogP contribution in [-0.4, -0.2) is 11.1 Å². The van der Waals surface area contributed by atoms with Crippen LogP contribution < -0.4 is 5.32 Å². The molecule has 106 valence electrons. The molecular weight excluding hydrogens is 322 g/mol. The summed E-state index contributed by atoms with van der Waals surface area (Å²) < 4.78 is 6.22. The Morgan fingerprint density at radius 1 is 1.45 bits per heavy atom. The number of carboxylic acids is 1. The fourth-order valence-electron chi connectivity index (χ4n) is 1.96. The lowest BCUT2D eigenvalue weighted by atomic mass is 10.1. The lowest BCUT2D eigenvalue weighted by Crippen LogP contribution is -2.18. The lowest BCUT2D eigenvalue weighted by Gasteiger charge is -2.14. The molecule has 0 saturated heterocycles. The van der Waals surface area contributed by atoms with E-state index in [1.165, 1.54) is 5.56 Å². The van der Waals surface area contributed by atoms with Gasteiger partial charge >= 0.3 is 5.97 Å². The van der Waals surface area contributed by atoms with Gasteiger partial charge in [-0.25, -0.2) is 4.79 Å². The molecule has 1 heterocycles. The highest BCUT2D eigenvalue weighted by molar-refractivity contribution is 9.10. The van der Waals surface area contributed by atoms with Crippen LogP contribution in [0, 0.1) is 6.92 Å². The van der Waals surface area contributed by atoms with E-state index in [1.54, 1.807) is 13.0 Å². The molecule has 0 aliphatic rings. The summed E-state index contributed by atoms with van der Waals surface area (Å²) in [7, 11) is 0. The summed E-state index contributed by atoms with van der Waals surface area (Å²) in [6.45, 7) is 4.40. The number of halogens is 1. The molecule has 5 heteroatoms. The monoisotopic (exact) mass is 337 g/mol. The molecule has 2 N–H and O–H groups in total. The van der Waals surface area contributed by atoms with E-state index in [-0.39, 0.29) is 11.8 Å². The number of hydrogen-bond acceptors (Lipinski definition) is 3. The Labute approximate surface area is 125 Å². The molecule has 0 amide bonds. The molecule has 2 aromatic rings. The van der Waals surface area contributed by atoms with Gasteiger partial charge in [0.25, 0.3) is 0 Å². The third-order valence-electron chi connectivity index (χ3n) is 3.18. The van der Waals surface area contributed by atoms with Gasteiger partial charge in [-0.05, 0) is 37.6 Å². The molecule has 0 bridgehead atoms. The average molecular weight is 338 g/mol. The van der Waals surface area contributed by atoms with E-state index in [0.29, 0.717) is 12.3 Å². The predicted molar refractivity (Wildman–Crippen MR) is 79.8 cm³/mol. The third kappa shape index (κ3) is 3.49. The zero-order valence-electron chi connectivity index (χ0n) is 11.3. The van der Waals surface area contributed by atoms with Crippen molar-refractivity contribution in [3.05, 3.63) is 57.5 Å². The van der Waals surface area contributed by atoms with Crippen LogP contribution in [0.4, 0.5) is 0 Å². The van der Waals surface area contributed by atoms with Crippen molar-refractivity contribution in [1.29, 1.82) is 0 Å². The molecule has 0 fully saturated rings. The second-order valence-electron chi connectivity index (χ2n) is 4.65. The summed E-state index contributed by atoms with van der Waals surface area (Å²) in [6.07, 6.45) is 0. The molecule has 1 aromatic carbocycles. The summed E-state index contributed by atoms with van der Waals surface area (Å²) >= 11 is 3.45. The van der Waals surface area contributed by atoms with Crippen LogP contribution in [0.5, 0.6) is 0 Å². The van der Waals surface area contributed by atoms with Crippen LogP contribution in [-0.2, 0) is 6.54 Å². The van der Waals surface area contributed by atoms with Crippen molar-refractivity contribution in [2.75, 3.05) is 0 Å². The Bertz CT molecular complexity index is 621. The van der Waals surface area contributed by atoms with Crippen LogP contribution in [0.3, 0.4) is 0 Å². The molecule has 0 aliphatic carbocycles. The topological polar surface area (TPSA) is 62.5 Å². The van der Waals surface area contributed by atoms with Crippen molar-refractivity contribution in [3.8, 4) is 0 Å². The number of carboxylic acid groups (broad SMARTS) is 1. The summed E-state index contributed by atoms with van der Waals surface area (Å²) in [5, 5.41) is 12.3. The molecule has 0 saturated carbocycles. The van der Waals surface area contributed by atoms with Gasteiger partial charge < -0.3 is 14.8 Å². The van der Waals surface area contributed by atoms with E-state index in [1.807, 2.05) is 18.2 Å². The number of hydrogen-bond donors (Lipinski definition) is 2. The standard InChI is InChI=1S/C15H16BrNO3/c1-9(11-4-3-5-13(16)6-11)17-8-12-7-14(15(18)19)20-10(12)2/h3-7,9,17H,8H2,1-2H3,(H,18,19)/t9-/m1/s1. The highest BCUT2D eigenvalue weighted by atomic mass is 79.9. The van der Waals surface area contributed by atoms with Crippen molar-refractivity contribution in [1.82, 2.24) is 5.32 Å². The SMILES string of the molecule is Cc1oc(C(=O)O)cc1CN[C@H](C)c1cccc(Br)c1. The Balaban J connectivity index is 2.03. The van der Waals surface area contributed by atoms with Gasteiger partial charge in [0.15, 0.2) is 0 Å². The van der Waals surface area contributed by atoms with Crippen molar-refractivity contribution in [2.24, 2.45) is 0 Å². The van der Waals surface area contributed by atoms with E-state index in [9.17, 15) is 4.79 Å². The normalized spacial score (nSPS) is 12.3. The number of aryl methyl sites for hydroxylation is 1. The highest BCUT2D eigenvalue weighted by Gasteiger charge is 2.14. The molecule has 0 aliphatic heterocycles. The van der Waals surface area contributed by atoms with E-state index >= 15 is 0 Å². The number of rotatable bonds is 5. The summed E-state index contributed by atoms with van der Waals surface area (Å²) in [5.41, 5.74) is 2.03. The number of benzene rings is 1. The number of furan rings is 1. The smallest absolute Gasteiger partial charge is 0.371 e. The Hall–Kier alpha value is -1.59. The first-order valence-corrected chi connectivity index (χ1v) is 7.08. The third-order valence-corrected chi connectivity index (χ3v) is 3.67. The first-order chi connectivity index (χ1) is 9.47. The molecule has 1 aromatic heterocycles. The summed E-state index contributed by atoms with van der Waals surface area (Å²) in [5.74, 6) is -0.426. The van der Waals surface area contributed by atoms with Crippen LogP contribution >= 0.6 is 15.9 Å². The molecule has 2 rings (SSSR count). The lowest BCUT2D eigenvalue weighted by molar-refractivity contribution is 0.0661. The first kappa shape index (κ1) is 14.8. The Morgan fingerprint density at radius 3 is 2.80 bits per heavy atom. The summed E-state index contributed by atoms with van der Waals surface area (Å²) in [4.78, 5) is 10.8. The first-order valence-electron chi connectivity index (χ1n) is 6.29. The van der Waals surface area contributed by atoms with Crippen molar-refractivity contribution < 1.29 is 14.3 Å². The van der Waals surface area contributed by atoms with Crippen molar-refractivity contribution in [2.45, 2.75) is 26.4 Å². The largest absolute Gasteiger partial charge is 0.475 e. The number of aromatic carboxylic acids is 1. The molecule has 0 radical (unpaired) electrons. The van der Waals surface area contributed by atoms with Crippen LogP contribution in [0.1, 0.15) is 40.4 Å². The maximum absolute atomic E-state index is 10.8. The van der Waals surface area contributed by atoms with Crippen molar-refractivity contribution >= 4 is 21.9 Å². The average Bonchev–Trinajstić information content (AvgIpc) is 2.77. The minimum atomic E-state index is -1.04. The van der Waals surface area contributed by atoms with Gasteiger partial charge in [-0.15, -0.1) is 0 Å². The number of carbonyl (C=O) groups is 1. The number of nitrogens with one attached hydrogen (secondary N) is 1. The van der Waals surface area contributed by atoms with Crippen LogP contribution in [0.2, 0.25) is 0 Å². The molecule has 20 heavy (non-hydrogen) atoms. The summed E-state index contributed by atoms with van der Waals surface area (Å²) in [6, 6.07) is 9.81. The predicted octanol–water partition coefficient (Wildman–Crippen LogP) is 3.90. The second-order valence-corrected chi connectivity index (χ2v) is 5.57. The van der Waals surface area contributed by atoms with E-state index in [0.717, 1.165) is 10.0 Å². The van der Waals surface area contributed by atoms with Gasteiger partial charge in [0.2, 0.25) is 5.76 Å². The highest BCUT2D eigenvalue weighted by Crippen LogP contribution is 2.20. The minimum Gasteiger partial charge on any atom is -0.475 e. The van der Waals surface area contributed by atoms with E-state index in [2.05, 4.69) is 34.2 Å². The Kier molecular flexibility index (Phi) is 4.62. The van der Waals surface area contributed by atoms with E-state index < -0.39 is 5.97 Å². The molecule has 0 spiro atoms. The van der Waals surface area contributed by atoms with Gasteiger partial charge in [0, 0.05) is 22.6 Å².